The first-order valence-corrected chi connectivity index (χ1v) is 12.6. The third-order valence-corrected chi connectivity index (χ3v) is 6.59. The molecule has 0 aliphatic carbocycles. The van der Waals surface area contributed by atoms with E-state index in [-0.39, 0.29) is 22.8 Å². The Labute approximate surface area is 209 Å². The van der Waals surface area contributed by atoms with Crippen LogP contribution in [0.25, 0.3) is 5.69 Å². The van der Waals surface area contributed by atoms with Gasteiger partial charge in [0.05, 0.1) is 28.9 Å². The average molecular weight is 535 g/mol. The molecule has 0 unspecified atom stereocenters. The van der Waals surface area contributed by atoms with Crippen molar-refractivity contribution in [3.05, 3.63) is 101 Å². The number of nitrogens with zero attached hydrogens (tertiary/aromatic N) is 4. The largest absolute Gasteiger partial charge is 0.434 e. The minimum absolute atomic E-state index is 0.0607. The Kier molecular flexibility index (Phi) is 6.87. The lowest BCUT2D eigenvalue weighted by molar-refractivity contribution is -0.143. The van der Waals surface area contributed by atoms with Crippen LogP contribution in [0.5, 0.6) is 0 Å². The summed E-state index contributed by atoms with van der Waals surface area (Å²) in [6, 6.07) is 14.2. The van der Waals surface area contributed by atoms with E-state index in [1.165, 1.54) is 60.9 Å². The van der Waals surface area contributed by atoms with Crippen LogP contribution in [0.3, 0.4) is 0 Å². The summed E-state index contributed by atoms with van der Waals surface area (Å²) in [5, 5.41) is 4.17. The molecule has 0 saturated carbocycles. The Balaban J connectivity index is 1.86. The van der Waals surface area contributed by atoms with Gasteiger partial charge < -0.3 is 4.90 Å². The fourth-order valence-electron chi connectivity index (χ4n) is 3.53. The molecule has 36 heavy (non-hydrogen) atoms. The van der Waals surface area contributed by atoms with Crippen LogP contribution in [0.1, 0.15) is 21.6 Å². The lowest BCUT2D eigenvalue weighted by Crippen LogP contribution is -2.32. The van der Waals surface area contributed by atoms with Crippen molar-refractivity contribution in [1.29, 1.82) is 0 Å². The first kappa shape index (κ1) is 25.4. The van der Waals surface area contributed by atoms with Crippen molar-refractivity contribution < 1.29 is 26.4 Å². The maximum absolute atomic E-state index is 14.2. The van der Waals surface area contributed by atoms with Crippen LogP contribution in [0, 0.1) is 0 Å². The molecule has 0 aliphatic heterocycles. The summed E-state index contributed by atoms with van der Waals surface area (Å²) < 4.78 is 67.5. The van der Waals surface area contributed by atoms with E-state index >= 15 is 0 Å². The van der Waals surface area contributed by atoms with Gasteiger partial charge in [-0.25, -0.2) is 13.1 Å². The number of anilines is 1. The zero-order valence-electron chi connectivity index (χ0n) is 18.6. The third kappa shape index (κ3) is 5.42. The Morgan fingerprint density at radius 3 is 2.33 bits per heavy atom. The molecule has 12 heteroatoms. The van der Waals surface area contributed by atoms with Crippen molar-refractivity contribution in [1.82, 2.24) is 14.8 Å². The second-order valence-electron chi connectivity index (χ2n) is 7.81. The summed E-state index contributed by atoms with van der Waals surface area (Å²) in [6.07, 6.45) is -0.133. The van der Waals surface area contributed by atoms with E-state index in [4.69, 9.17) is 11.6 Å². The molecule has 7 nitrogen and oxygen atoms in total. The van der Waals surface area contributed by atoms with Crippen molar-refractivity contribution in [3.63, 3.8) is 0 Å². The maximum atomic E-state index is 14.2. The molecule has 4 aromatic rings. The molecule has 2 aromatic heterocycles. The minimum Gasteiger partial charge on any atom is -0.304 e. The maximum Gasteiger partial charge on any atom is 0.434 e. The summed E-state index contributed by atoms with van der Waals surface area (Å²) in [4.78, 5) is 18.6. The Bertz CT molecular complexity index is 1510. The quantitative estimate of drug-likeness (QED) is 0.340. The molecule has 0 radical (unpaired) electrons. The molecule has 0 N–H and O–H groups in total. The Hall–Kier alpha value is -3.70. The van der Waals surface area contributed by atoms with Gasteiger partial charge >= 0.3 is 6.18 Å². The summed E-state index contributed by atoms with van der Waals surface area (Å²) in [5.41, 5.74) is -1.23. The minimum atomic E-state index is -4.93. The van der Waals surface area contributed by atoms with Gasteiger partial charge in [-0.1, -0.05) is 17.7 Å². The smallest absolute Gasteiger partial charge is 0.304 e. The Morgan fingerprint density at radius 2 is 1.72 bits per heavy atom. The number of benzene rings is 2. The van der Waals surface area contributed by atoms with Crippen LogP contribution in [-0.2, 0) is 22.6 Å². The molecule has 4 rings (SSSR count). The van der Waals surface area contributed by atoms with Gasteiger partial charge in [-0.3, -0.25) is 9.78 Å². The number of sulfone groups is 1. The van der Waals surface area contributed by atoms with Crippen LogP contribution < -0.4 is 4.90 Å². The van der Waals surface area contributed by atoms with E-state index in [0.29, 0.717) is 15.3 Å². The van der Waals surface area contributed by atoms with E-state index in [2.05, 4.69) is 10.1 Å². The lowest BCUT2D eigenvalue weighted by Gasteiger charge is -2.24. The molecule has 0 bridgehead atoms. The SMILES string of the molecule is CS(=O)(=O)c1cccc(N(Cc2ccncc2)C(=O)c2cnn(-c3ccc(Cl)cc3)c2C(F)(F)F)c1. The van der Waals surface area contributed by atoms with Gasteiger partial charge in [-0.05, 0) is 60.2 Å². The number of halogens is 4. The van der Waals surface area contributed by atoms with Crippen LogP contribution >= 0.6 is 11.6 Å². The number of rotatable bonds is 6. The van der Waals surface area contributed by atoms with Gasteiger partial charge in [0, 0.05) is 29.4 Å². The van der Waals surface area contributed by atoms with Gasteiger partial charge in [-0.2, -0.15) is 18.3 Å². The molecule has 0 atom stereocenters. The molecular formula is C24H18ClF3N4O3S. The second-order valence-corrected chi connectivity index (χ2v) is 10.3. The highest BCUT2D eigenvalue weighted by Gasteiger charge is 2.41. The summed E-state index contributed by atoms with van der Waals surface area (Å²) >= 11 is 5.86. The third-order valence-electron chi connectivity index (χ3n) is 5.23. The van der Waals surface area contributed by atoms with Gasteiger partial charge in [0.25, 0.3) is 5.91 Å². The molecule has 0 aliphatic rings. The summed E-state index contributed by atoms with van der Waals surface area (Å²) in [6.45, 7) is -0.141. The number of aromatic nitrogens is 3. The van der Waals surface area contributed by atoms with Crippen molar-refractivity contribution in [2.45, 2.75) is 17.6 Å². The molecule has 186 valence electrons. The van der Waals surface area contributed by atoms with Crippen molar-refractivity contribution in [3.8, 4) is 5.69 Å². The number of carbonyl (C=O) groups is 1. The average Bonchev–Trinajstić information content (AvgIpc) is 3.29. The number of pyridine rings is 1. The number of carbonyl (C=O) groups excluding carboxylic acids is 1. The van der Waals surface area contributed by atoms with Crippen molar-refractivity contribution in [2.75, 3.05) is 11.2 Å². The van der Waals surface area contributed by atoms with Gasteiger partial charge in [-0.15, -0.1) is 0 Å². The highest BCUT2D eigenvalue weighted by molar-refractivity contribution is 7.90. The molecule has 0 saturated heterocycles. The van der Waals surface area contributed by atoms with E-state index in [1.807, 2.05) is 0 Å². The fourth-order valence-corrected chi connectivity index (χ4v) is 4.32. The number of hydrogen-bond donors (Lipinski definition) is 0. The van der Waals surface area contributed by atoms with Crippen molar-refractivity contribution in [2.24, 2.45) is 0 Å². The van der Waals surface area contributed by atoms with Crippen LogP contribution in [-0.4, -0.2) is 35.3 Å². The zero-order chi connectivity index (χ0) is 26.1. The summed E-state index contributed by atoms with van der Waals surface area (Å²) in [5.74, 6) is -1.01. The predicted molar refractivity (Wildman–Crippen MR) is 128 cm³/mol. The van der Waals surface area contributed by atoms with Crippen LogP contribution in [0.4, 0.5) is 18.9 Å². The number of hydrogen-bond acceptors (Lipinski definition) is 5. The Morgan fingerprint density at radius 1 is 1.06 bits per heavy atom. The molecule has 2 heterocycles. The zero-order valence-corrected chi connectivity index (χ0v) is 20.2. The summed E-state index contributed by atoms with van der Waals surface area (Å²) in [7, 11) is -3.64. The first-order chi connectivity index (χ1) is 16.9. The van der Waals surface area contributed by atoms with E-state index in [1.54, 1.807) is 12.1 Å². The van der Waals surface area contributed by atoms with Crippen LogP contribution in [0.15, 0.2) is 84.1 Å². The van der Waals surface area contributed by atoms with Gasteiger partial charge in [0.1, 0.15) is 0 Å². The molecule has 0 spiro atoms. The molecule has 0 fully saturated rings. The van der Waals surface area contributed by atoms with Gasteiger partial charge in [0.2, 0.25) is 0 Å². The molecular weight excluding hydrogens is 517 g/mol. The van der Waals surface area contributed by atoms with Crippen molar-refractivity contribution >= 4 is 33.0 Å². The van der Waals surface area contributed by atoms with Gasteiger partial charge in [0.15, 0.2) is 15.5 Å². The van der Waals surface area contributed by atoms with E-state index in [0.717, 1.165) is 17.4 Å². The predicted octanol–water partition coefficient (Wildman–Crippen LogP) is 5.19. The normalized spacial score (nSPS) is 11.9. The highest BCUT2D eigenvalue weighted by atomic mass is 35.5. The lowest BCUT2D eigenvalue weighted by atomic mass is 10.1. The topological polar surface area (TPSA) is 85.2 Å². The molecule has 1 amide bonds. The number of amides is 1. The first-order valence-electron chi connectivity index (χ1n) is 10.4. The fraction of sp³-hybridized carbons (Fsp3) is 0.125. The van der Waals surface area contributed by atoms with E-state index in [9.17, 15) is 26.4 Å². The van der Waals surface area contributed by atoms with Crippen LogP contribution in [0.2, 0.25) is 5.02 Å². The monoisotopic (exact) mass is 534 g/mol. The second kappa shape index (κ2) is 9.75. The number of alkyl halides is 3. The molecule has 2 aromatic carbocycles. The van der Waals surface area contributed by atoms with E-state index < -0.39 is 33.2 Å². The highest BCUT2D eigenvalue weighted by Crippen LogP contribution is 2.35. The standard InChI is InChI=1S/C24H18ClF3N4O3S/c1-36(34,35)20-4-2-3-19(13-20)31(15-16-9-11-29-12-10-16)23(33)21-14-30-32(22(21)24(26,27)28)18-7-5-17(25)6-8-18/h2-14H,15H2,1H3.